The normalized spacial score (nSPS) is 20.8. The van der Waals surface area contributed by atoms with E-state index in [1.165, 1.54) is 19.3 Å². The maximum atomic E-state index is 10.3. The van der Waals surface area contributed by atoms with Gasteiger partial charge in [-0.2, -0.15) is 0 Å². The zero-order valence-electron chi connectivity index (χ0n) is 6.18. The molecule has 3 nitrogen and oxygen atoms in total. The van der Waals surface area contributed by atoms with Gasteiger partial charge in [0.15, 0.2) is 6.54 Å². The van der Waals surface area contributed by atoms with Crippen LogP contribution < -0.4 is 0 Å². The second kappa shape index (κ2) is 3.54. The third-order valence-electron chi connectivity index (χ3n) is 2.15. The zero-order chi connectivity index (χ0) is 7.40. The second-order valence-corrected chi connectivity index (χ2v) is 3.07. The summed E-state index contributed by atoms with van der Waals surface area (Å²) in [6.45, 7) is 0.417. The summed E-state index contributed by atoms with van der Waals surface area (Å²) in [5.74, 6) is 0.503. The Morgan fingerprint density at radius 1 is 1.30 bits per heavy atom. The van der Waals surface area contributed by atoms with Crippen LogP contribution in [0.5, 0.6) is 0 Å². The lowest BCUT2D eigenvalue weighted by atomic mass is 9.89. The van der Waals surface area contributed by atoms with Crippen LogP contribution in [-0.2, 0) is 0 Å². The van der Waals surface area contributed by atoms with E-state index in [0.29, 0.717) is 17.3 Å². The topological polar surface area (TPSA) is 49.9 Å². The molecule has 0 saturated heterocycles. The molecule has 0 atom stereocenters. The summed E-state index contributed by atoms with van der Waals surface area (Å²) in [5.41, 5.74) is 6.69. The van der Waals surface area contributed by atoms with Gasteiger partial charge in [0.05, 0.1) is 0 Å². The van der Waals surface area contributed by atoms with Crippen molar-refractivity contribution in [3.63, 3.8) is 0 Å². The summed E-state index contributed by atoms with van der Waals surface area (Å²) >= 11 is 0. The molecule has 1 N–H and O–H groups in total. The van der Waals surface area contributed by atoms with Crippen LogP contribution in [0.4, 0.5) is 0 Å². The maximum absolute atomic E-state index is 10.3. The van der Waals surface area contributed by atoms with E-state index >= 15 is 0 Å². The Balaban J connectivity index is 2.19. The molecule has 58 valence electrons. The number of hydrogen-bond donors (Lipinski definition) is 1. The highest BCUT2D eigenvalue weighted by molar-refractivity contribution is 4.63. The minimum absolute atomic E-state index is 0.315. The third kappa shape index (κ3) is 2.33. The number of nitrogens with zero attached hydrogens (tertiary/aromatic N) is 1. The van der Waals surface area contributed by atoms with Crippen molar-refractivity contribution >= 4 is 0 Å². The van der Waals surface area contributed by atoms with Crippen LogP contribution in [-0.4, -0.2) is 11.4 Å². The Bertz CT molecular complexity index is 119. The van der Waals surface area contributed by atoms with E-state index in [-0.39, 0.29) is 0 Å². The molecule has 0 aromatic carbocycles. The molecule has 1 aliphatic carbocycles. The highest BCUT2D eigenvalue weighted by Gasteiger charge is 2.16. The molecule has 0 bridgehead atoms. The Labute approximate surface area is 61.1 Å². The largest absolute Gasteiger partial charge is 0.600 e. The molecular weight excluding hydrogens is 128 g/mol. The standard InChI is InChI=1S/C7H14N2O/c8-9(10)6-7-4-2-1-3-5-7/h7-8H,1-6H2. The quantitative estimate of drug-likeness (QED) is 0.358. The van der Waals surface area contributed by atoms with Gasteiger partial charge in [-0.3, -0.25) is 0 Å². The Morgan fingerprint density at radius 3 is 2.40 bits per heavy atom. The van der Waals surface area contributed by atoms with Crippen LogP contribution in [0.1, 0.15) is 32.1 Å². The van der Waals surface area contributed by atoms with Crippen LogP contribution in [0.15, 0.2) is 0 Å². The van der Waals surface area contributed by atoms with E-state index in [0.717, 1.165) is 12.8 Å². The molecule has 1 rings (SSSR count). The first-order valence-electron chi connectivity index (χ1n) is 3.95. The predicted molar refractivity (Wildman–Crippen MR) is 37.8 cm³/mol. The Kier molecular flexibility index (Phi) is 2.66. The maximum Gasteiger partial charge on any atom is 0.183 e. The fourth-order valence-electron chi connectivity index (χ4n) is 1.60. The fraction of sp³-hybridized carbons (Fsp3) is 1.00. The molecule has 0 amide bonds. The van der Waals surface area contributed by atoms with Gasteiger partial charge in [0.2, 0.25) is 0 Å². The van der Waals surface area contributed by atoms with Crippen LogP contribution in [0.3, 0.4) is 0 Å². The summed E-state index contributed by atoms with van der Waals surface area (Å²) in [7, 11) is 0. The van der Waals surface area contributed by atoms with Crippen molar-refractivity contribution in [2.75, 3.05) is 6.54 Å². The van der Waals surface area contributed by atoms with Crippen molar-refractivity contribution in [3.05, 3.63) is 5.21 Å². The van der Waals surface area contributed by atoms with Crippen molar-refractivity contribution in [3.8, 4) is 0 Å². The lowest BCUT2D eigenvalue weighted by Crippen LogP contribution is -2.16. The van der Waals surface area contributed by atoms with Crippen LogP contribution in [0.2, 0.25) is 0 Å². The second-order valence-electron chi connectivity index (χ2n) is 3.07. The molecule has 1 aliphatic rings. The molecular formula is C7H14N2O. The van der Waals surface area contributed by atoms with Gasteiger partial charge in [0, 0.05) is 5.92 Å². The summed E-state index contributed by atoms with van der Waals surface area (Å²) in [6, 6.07) is 0. The number of nitrogens with one attached hydrogen (secondary N) is 1. The number of rotatable bonds is 2. The average molecular weight is 142 g/mol. The first kappa shape index (κ1) is 7.51. The van der Waals surface area contributed by atoms with Crippen molar-refractivity contribution in [1.82, 2.24) is 0 Å². The van der Waals surface area contributed by atoms with E-state index < -0.39 is 0 Å². The van der Waals surface area contributed by atoms with Crippen LogP contribution >= 0.6 is 0 Å². The molecule has 0 heterocycles. The van der Waals surface area contributed by atoms with Gasteiger partial charge in [-0.1, -0.05) is 24.1 Å². The Hall–Kier alpha value is -0.600. The molecule has 0 aromatic heterocycles. The van der Waals surface area contributed by atoms with E-state index in [9.17, 15) is 5.21 Å². The molecule has 0 unspecified atom stereocenters. The van der Waals surface area contributed by atoms with Crippen molar-refractivity contribution in [2.45, 2.75) is 32.1 Å². The van der Waals surface area contributed by atoms with E-state index in [1.807, 2.05) is 0 Å². The molecule has 0 aliphatic heterocycles. The van der Waals surface area contributed by atoms with Gasteiger partial charge in [0.25, 0.3) is 0 Å². The molecule has 10 heavy (non-hydrogen) atoms. The number of hydrogen-bond acceptors (Lipinski definition) is 2. The van der Waals surface area contributed by atoms with E-state index in [2.05, 4.69) is 0 Å². The van der Waals surface area contributed by atoms with Crippen molar-refractivity contribution in [2.24, 2.45) is 5.92 Å². The van der Waals surface area contributed by atoms with Gasteiger partial charge in [-0.05, 0) is 18.4 Å². The lowest BCUT2D eigenvalue weighted by Gasteiger charge is -2.18. The molecule has 0 radical (unpaired) electrons. The van der Waals surface area contributed by atoms with Crippen LogP contribution in [0.25, 0.3) is 0 Å². The Morgan fingerprint density at radius 2 is 1.90 bits per heavy atom. The van der Waals surface area contributed by atoms with Gasteiger partial charge in [-0.15, -0.1) is 0 Å². The summed E-state index contributed by atoms with van der Waals surface area (Å²) in [4.78, 5) is 0.315. The minimum atomic E-state index is 0.315. The van der Waals surface area contributed by atoms with Gasteiger partial charge < -0.3 is 5.21 Å². The first-order chi connectivity index (χ1) is 4.79. The predicted octanol–water partition coefficient (Wildman–Crippen LogP) is 2.11. The molecule has 0 spiro atoms. The summed E-state index contributed by atoms with van der Waals surface area (Å²) < 4.78 is 0. The average Bonchev–Trinajstić information content (AvgIpc) is 1.88. The SMILES string of the molecule is N=[N+]([O-])CC1CCCCC1. The van der Waals surface area contributed by atoms with Crippen molar-refractivity contribution < 1.29 is 4.86 Å². The lowest BCUT2D eigenvalue weighted by molar-refractivity contribution is -0.559. The monoisotopic (exact) mass is 142 g/mol. The van der Waals surface area contributed by atoms with Gasteiger partial charge in [-0.25, -0.2) is 0 Å². The molecule has 1 fully saturated rings. The first-order valence-corrected chi connectivity index (χ1v) is 3.95. The van der Waals surface area contributed by atoms with E-state index in [1.54, 1.807) is 0 Å². The third-order valence-corrected chi connectivity index (χ3v) is 2.15. The van der Waals surface area contributed by atoms with Gasteiger partial charge >= 0.3 is 0 Å². The smallest absolute Gasteiger partial charge is 0.183 e. The molecule has 1 saturated carbocycles. The van der Waals surface area contributed by atoms with Crippen LogP contribution in [0, 0.1) is 16.7 Å². The van der Waals surface area contributed by atoms with E-state index in [4.69, 9.17) is 5.53 Å². The summed E-state index contributed by atoms with van der Waals surface area (Å²) in [5, 5.41) is 10.3. The molecule has 3 heteroatoms. The van der Waals surface area contributed by atoms with Gasteiger partial charge in [0.1, 0.15) is 0 Å². The number of hydroxylamine groups is 1. The van der Waals surface area contributed by atoms with Crippen molar-refractivity contribution in [1.29, 1.82) is 5.53 Å². The summed E-state index contributed by atoms with van der Waals surface area (Å²) in [6.07, 6.45) is 6.11. The fourth-order valence-corrected chi connectivity index (χ4v) is 1.60. The highest BCUT2D eigenvalue weighted by Crippen LogP contribution is 2.23. The zero-order valence-corrected chi connectivity index (χ0v) is 6.18. The highest BCUT2D eigenvalue weighted by atomic mass is 16.5. The molecule has 0 aromatic rings. The minimum Gasteiger partial charge on any atom is -0.600 e.